The molecule has 2 aliphatic rings. The van der Waals surface area contributed by atoms with Crippen LogP contribution >= 0.6 is 11.6 Å². The predicted octanol–water partition coefficient (Wildman–Crippen LogP) is 4.35. The highest BCUT2D eigenvalue weighted by Gasteiger charge is 2.77. The van der Waals surface area contributed by atoms with E-state index >= 15 is 0 Å². The van der Waals surface area contributed by atoms with Crippen LogP contribution < -0.4 is 10.1 Å². The van der Waals surface area contributed by atoms with Crippen LogP contribution in [0.3, 0.4) is 0 Å². The number of benzene rings is 3. The van der Waals surface area contributed by atoms with E-state index in [1.807, 2.05) is 0 Å². The van der Waals surface area contributed by atoms with Gasteiger partial charge in [0.2, 0.25) is 16.9 Å². The van der Waals surface area contributed by atoms with Gasteiger partial charge >= 0.3 is 11.9 Å². The number of phenolic OH excluding ortho intramolecular Hbond substituents is 1. The molecule has 2 aliphatic heterocycles. The van der Waals surface area contributed by atoms with Crippen LogP contribution in [0.1, 0.15) is 47.3 Å². The molecule has 0 aromatic heterocycles. The smallest absolute Gasteiger partial charge is 0.338 e. The van der Waals surface area contributed by atoms with Crippen molar-refractivity contribution in [1.82, 2.24) is 5.32 Å². The number of esters is 2. The molecule has 0 unspecified atom stereocenters. The maximum Gasteiger partial charge on any atom is 0.338 e. The first-order valence-corrected chi connectivity index (χ1v) is 12.7. The molecule has 5 rings (SSSR count). The number of Topliss-reactive ketones (excluding diaryl/α,β-unsaturated/α-hetero) is 1. The maximum absolute atomic E-state index is 14.4. The summed E-state index contributed by atoms with van der Waals surface area (Å²) in [6.45, 7) is 3.18. The number of ether oxygens (including phenoxy) is 3. The van der Waals surface area contributed by atoms with Crippen molar-refractivity contribution < 1.29 is 33.7 Å². The van der Waals surface area contributed by atoms with Gasteiger partial charge in [0, 0.05) is 10.6 Å². The molecule has 9 heteroatoms. The van der Waals surface area contributed by atoms with Crippen molar-refractivity contribution in [1.29, 1.82) is 0 Å². The van der Waals surface area contributed by atoms with E-state index in [1.54, 1.807) is 68.4 Å². The second kappa shape index (κ2) is 9.78. The molecular formula is C29H26ClNO7. The van der Waals surface area contributed by atoms with Crippen LogP contribution in [-0.4, -0.2) is 47.2 Å². The van der Waals surface area contributed by atoms with Gasteiger partial charge in [-0.3, -0.25) is 10.1 Å². The number of carbonyl (C=O) groups excluding carboxylic acids is 3. The van der Waals surface area contributed by atoms with Crippen molar-refractivity contribution in [3.63, 3.8) is 0 Å². The lowest BCUT2D eigenvalue weighted by Crippen LogP contribution is -2.61. The number of para-hydroxylation sites is 1. The summed E-state index contributed by atoms with van der Waals surface area (Å²) in [6.07, 6.45) is 0. The first kappa shape index (κ1) is 25.8. The summed E-state index contributed by atoms with van der Waals surface area (Å²) in [7, 11) is 0. The highest BCUT2D eigenvalue weighted by atomic mass is 35.5. The molecule has 2 heterocycles. The molecule has 1 saturated heterocycles. The van der Waals surface area contributed by atoms with Crippen LogP contribution in [0.15, 0.2) is 72.8 Å². The Bertz CT molecular complexity index is 1390. The number of hydrogen-bond acceptors (Lipinski definition) is 8. The van der Waals surface area contributed by atoms with Gasteiger partial charge in [0.25, 0.3) is 0 Å². The number of rotatable bonds is 6. The normalized spacial score (nSPS) is 23.1. The molecule has 2 N–H and O–H groups in total. The molecular weight excluding hydrogens is 510 g/mol. The SMILES string of the molecule is CCOC(=O)C1(C(=O)OCC)N[C@H](c2cc(Cl)ccc2O)[C@]2(Oc3ccccc3C2=O)[C@@H]1c1ccccc1. The maximum atomic E-state index is 14.4. The molecule has 0 amide bonds. The third kappa shape index (κ3) is 3.67. The highest BCUT2D eigenvalue weighted by molar-refractivity contribution is 6.30. The molecule has 0 saturated carbocycles. The Morgan fingerprint density at radius 2 is 1.61 bits per heavy atom. The molecule has 196 valence electrons. The monoisotopic (exact) mass is 535 g/mol. The zero-order valence-corrected chi connectivity index (χ0v) is 21.5. The summed E-state index contributed by atoms with van der Waals surface area (Å²) < 4.78 is 17.4. The summed E-state index contributed by atoms with van der Waals surface area (Å²) in [6, 6.07) is 18.5. The minimum absolute atomic E-state index is 0.0295. The van der Waals surface area contributed by atoms with Gasteiger partial charge in [-0.15, -0.1) is 0 Å². The van der Waals surface area contributed by atoms with Crippen LogP contribution in [0, 0.1) is 0 Å². The van der Waals surface area contributed by atoms with Gasteiger partial charge in [-0.05, 0) is 49.7 Å². The van der Waals surface area contributed by atoms with Crippen LogP contribution in [0.25, 0.3) is 0 Å². The van der Waals surface area contributed by atoms with Crippen LogP contribution in [0.4, 0.5) is 0 Å². The number of hydrogen-bond donors (Lipinski definition) is 2. The summed E-state index contributed by atoms with van der Waals surface area (Å²) in [5.74, 6) is -3.48. The van der Waals surface area contributed by atoms with E-state index in [-0.39, 0.29) is 40.9 Å². The number of ketones is 1. The van der Waals surface area contributed by atoms with Crippen LogP contribution in [0.2, 0.25) is 5.02 Å². The quantitative estimate of drug-likeness (QED) is 0.354. The van der Waals surface area contributed by atoms with Gasteiger partial charge in [-0.2, -0.15) is 0 Å². The fraction of sp³-hybridized carbons (Fsp3) is 0.276. The van der Waals surface area contributed by atoms with Crippen molar-refractivity contribution >= 4 is 29.3 Å². The second-order valence-electron chi connectivity index (χ2n) is 9.09. The van der Waals surface area contributed by atoms with Crippen LogP contribution in [-0.2, 0) is 19.1 Å². The molecule has 3 aromatic rings. The van der Waals surface area contributed by atoms with Gasteiger partial charge in [0.1, 0.15) is 11.5 Å². The second-order valence-corrected chi connectivity index (χ2v) is 9.53. The van der Waals surface area contributed by atoms with Crippen molar-refractivity contribution in [2.45, 2.75) is 36.9 Å². The standard InChI is InChI=1S/C29H26ClNO7/c1-3-36-26(34)28(27(35)37-4-2)23(17-10-6-5-7-11-17)29(25(33)19-12-8-9-13-22(19)38-29)24(31-28)20-16-18(30)14-15-21(20)32/h5-16,23-24,31-32H,3-4H2,1-2H3/t23-,24-,29-/m1/s1. The topological polar surface area (TPSA) is 111 Å². The molecule has 1 fully saturated rings. The summed E-state index contributed by atoms with van der Waals surface area (Å²) in [5.41, 5.74) is -3.18. The fourth-order valence-corrected chi connectivity index (χ4v) is 5.78. The first-order valence-electron chi connectivity index (χ1n) is 12.3. The van der Waals surface area contributed by atoms with E-state index < -0.39 is 40.8 Å². The Hall–Kier alpha value is -3.88. The van der Waals surface area contributed by atoms with Gasteiger partial charge in [-0.1, -0.05) is 54.1 Å². The number of nitrogens with one attached hydrogen (secondary N) is 1. The predicted molar refractivity (Wildman–Crippen MR) is 138 cm³/mol. The van der Waals surface area contributed by atoms with E-state index in [9.17, 15) is 19.5 Å². The van der Waals surface area contributed by atoms with Crippen molar-refractivity contribution in [3.05, 3.63) is 94.5 Å². The summed E-state index contributed by atoms with van der Waals surface area (Å²) >= 11 is 6.32. The third-order valence-electron chi connectivity index (χ3n) is 7.06. The highest BCUT2D eigenvalue weighted by Crippen LogP contribution is 2.59. The minimum atomic E-state index is -2.20. The molecule has 3 atom stereocenters. The number of phenols is 1. The molecule has 0 aliphatic carbocycles. The fourth-order valence-electron chi connectivity index (χ4n) is 5.60. The Morgan fingerprint density at radius 3 is 2.24 bits per heavy atom. The van der Waals surface area contributed by atoms with Gasteiger partial charge in [-0.25, -0.2) is 9.59 Å². The van der Waals surface area contributed by atoms with Crippen molar-refractivity contribution in [2.75, 3.05) is 13.2 Å². The average molecular weight is 536 g/mol. The van der Waals surface area contributed by atoms with Crippen molar-refractivity contribution in [3.8, 4) is 11.5 Å². The van der Waals surface area contributed by atoms with Crippen LogP contribution in [0.5, 0.6) is 11.5 Å². The van der Waals surface area contributed by atoms with E-state index in [0.717, 1.165) is 0 Å². The molecule has 38 heavy (non-hydrogen) atoms. The van der Waals surface area contributed by atoms with E-state index in [4.69, 9.17) is 25.8 Å². The zero-order valence-electron chi connectivity index (χ0n) is 20.8. The number of halogens is 1. The lowest BCUT2D eigenvalue weighted by atomic mass is 9.68. The number of carbonyl (C=O) groups is 3. The van der Waals surface area contributed by atoms with Gasteiger partial charge < -0.3 is 19.3 Å². The minimum Gasteiger partial charge on any atom is -0.508 e. The van der Waals surface area contributed by atoms with E-state index in [1.165, 1.54) is 18.2 Å². The van der Waals surface area contributed by atoms with Crippen molar-refractivity contribution in [2.24, 2.45) is 0 Å². The number of aromatic hydroxyl groups is 1. The molecule has 8 nitrogen and oxygen atoms in total. The summed E-state index contributed by atoms with van der Waals surface area (Å²) in [5, 5.41) is 14.3. The van der Waals surface area contributed by atoms with E-state index in [0.29, 0.717) is 5.56 Å². The Kier molecular flexibility index (Phi) is 6.63. The molecule has 1 spiro atoms. The summed E-state index contributed by atoms with van der Waals surface area (Å²) in [4.78, 5) is 42.2. The Balaban J connectivity index is 1.88. The number of fused-ring (bicyclic) bond motifs is 1. The van der Waals surface area contributed by atoms with Gasteiger partial charge in [0.05, 0.1) is 30.7 Å². The third-order valence-corrected chi connectivity index (χ3v) is 7.29. The lowest BCUT2D eigenvalue weighted by molar-refractivity contribution is -0.167. The average Bonchev–Trinajstić information content (AvgIpc) is 3.39. The lowest BCUT2D eigenvalue weighted by Gasteiger charge is -2.37. The zero-order chi connectivity index (χ0) is 27.1. The Morgan fingerprint density at radius 1 is 0.974 bits per heavy atom. The molecule has 0 bridgehead atoms. The first-order chi connectivity index (χ1) is 18.3. The molecule has 0 radical (unpaired) electrons. The largest absolute Gasteiger partial charge is 0.508 e. The molecule has 3 aromatic carbocycles. The van der Waals surface area contributed by atoms with E-state index in [2.05, 4.69) is 5.32 Å². The van der Waals surface area contributed by atoms with Gasteiger partial charge in [0.15, 0.2) is 0 Å². The Labute approximate surface area is 224 Å².